The molecule has 7 aromatic carbocycles. The summed E-state index contributed by atoms with van der Waals surface area (Å²) in [5, 5.41) is 6.67. The molecule has 0 spiro atoms. The highest BCUT2D eigenvalue weighted by Crippen LogP contribution is 2.45. The van der Waals surface area contributed by atoms with Crippen molar-refractivity contribution in [2.45, 2.75) is 0 Å². The predicted molar refractivity (Wildman–Crippen MR) is 198 cm³/mol. The van der Waals surface area contributed by atoms with Crippen LogP contribution < -0.4 is 27.3 Å². The second-order valence-corrected chi connectivity index (χ2v) is 12.3. The molecular formula is C38H19B5S. The molecule has 8 aromatic rings. The molecule has 0 saturated heterocycles. The van der Waals surface area contributed by atoms with Crippen molar-refractivity contribution < 1.29 is 0 Å². The summed E-state index contributed by atoms with van der Waals surface area (Å²) in [5.41, 5.74) is 7.56. The normalized spacial score (nSPS) is 11.6. The molecule has 44 heavy (non-hydrogen) atoms. The van der Waals surface area contributed by atoms with Gasteiger partial charge in [0.25, 0.3) is 0 Å². The van der Waals surface area contributed by atoms with Crippen molar-refractivity contribution in [2.75, 3.05) is 0 Å². The third kappa shape index (κ3) is 4.05. The van der Waals surface area contributed by atoms with Gasteiger partial charge in [0, 0.05) is 20.2 Å². The van der Waals surface area contributed by atoms with E-state index in [0.29, 0.717) is 16.5 Å². The van der Waals surface area contributed by atoms with E-state index in [9.17, 15) is 0 Å². The van der Waals surface area contributed by atoms with E-state index in [2.05, 4.69) is 97.1 Å². The van der Waals surface area contributed by atoms with E-state index in [1.807, 2.05) is 29.5 Å². The van der Waals surface area contributed by atoms with E-state index in [1.165, 1.54) is 31.3 Å². The Morgan fingerprint density at radius 2 is 0.750 bits per heavy atom. The van der Waals surface area contributed by atoms with Gasteiger partial charge >= 0.3 is 0 Å². The summed E-state index contributed by atoms with van der Waals surface area (Å²) in [5.74, 6) is 0. The van der Waals surface area contributed by atoms with E-state index >= 15 is 0 Å². The lowest BCUT2D eigenvalue weighted by molar-refractivity contribution is 1.66. The van der Waals surface area contributed by atoms with Gasteiger partial charge in [-0.2, -0.15) is 0 Å². The summed E-state index contributed by atoms with van der Waals surface area (Å²) < 4.78 is 2.53. The Kier molecular flexibility index (Phi) is 6.40. The first-order valence-electron chi connectivity index (χ1n) is 14.4. The van der Waals surface area contributed by atoms with Gasteiger partial charge in [-0.3, -0.25) is 0 Å². The molecular weight excluding hydrogens is 543 g/mol. The van der Waals surface area contributed by atoms with Crippen LogP contribution in [0.25, 0.3) is 75.1 Å². The lowest BCUT2D eigenvalue weighted by atomic mass is 9.59. The number of hydrogen-bond acceptors (Lipinski definition) is 1. The predicted octanol–water partition coefficient (Wildman–Crippen LogP) is 5.33. The Hall–Kier alpha value is -4.40. The maximum absolute atomic E-state index is 6.63. The molecule has 0 atom stereocenters. The quantitative estimate of drug-likeness (QED) is 0.202. The van der Waals surface area contributed by atoms with E-state index in [0.717, 1.165) is 38.2 Å². The maximum Gasteiger partial charge on any atom is 0.113 e. The summed E-state index contributed by atoms with van der Waals surface area (Å²) in [6, 6.07) is 40.8. The lowest BCUT2D eigenvalue weighted by Crippen LogP contribution is -2.55. The second-order valence-electron chi connectivity index (χ2n) is 11.2. The van der Waals surface area contributed by atoms with Crippen LogP contribution in [0.5, 0.6) is 0 Å². The van der Waals surface area contributed by atoms with Gasteiger partial charge in [-0.05, 0) is 79.2 Å². The van der Waals surface area contributed by atoms with Crippen molar-refractivity contribution in [3.05, 3.63) is 115 Å². The van der Waals surface area contributed by atoms with Gasteiger partial charge in [0.15, 0.2) is 0 Å². The van der Waals surface area contributed by atoms with Gasteiger partial charge in [0.05, 0.1) is 0 Å². The van der Waals surface area contributed by atoms with Crippen molar-refractivity contribution in [2.24, 2.45) is 0 Å². The summed E-state index contributed by atoms with van der Waals surface area (Å²) in [7, 11) is 32.1. The highest BCUT2D eigenvalue weighted by Gasteiger charge is 2.21. The highest BCUT2D eigenvalue weighted by molar-refractivity contribution is 7.25. The molecule has 0 N–H and O–H groups in total. The van der Waals surface area contributed by atoms with Gasteiger partial charge in [-0.15, -0.1) is 27.7 Å². The van der Waals surface area contributed by atoms with Crippen molar-refractivity contribution in [1.82, 2.24) is 0 Å². The SMILES string of the molecule is [B]c1c([B])c([B])c(-c2c3ccccc3c(-c3ccc4sc5ccc(-c6ccccc6)cc5c4c3)c3ccccc23)c([B])c1[B]. The number of fused-ring (bicyclic) bond motifs is 5. The van der Waals surface area contributed by atoms with Gasteiger partial charge in [0.1, 0.15) is 39.2 Å². The summed E-state index contributed by atoms with van der Waals surface area (Å²) in [6.45, 7) is 0. The zero-order valence-electron chi connectivity index (χ0n) is 23.8. The zero-order chi connectivity index (χ0) is 30.1. The molecule has 192 valence electrons. The van der Waals surface area contributed by atoms with E-state index in [4.69, 9.17) is 39.2 Å². The lowest BCUT2D eigenvalue weighted by Gasteiger charge is -2.25. The monoisotopic (exact) mass is 562 g/mol. The highest BCUT2D eigenvalue weighted by atomic mass is 32.1. The molecule has 6 heteroatoms. The fourth-order valence-corrected chi connectivity index (χ4v) is 7.64. The molecule has 10 radical (unpaired) electrons. The van der Waals surface area contributed by atoms with Crippen LogP contribution in [-0.2, 0) is 0 Å². The number of hydrogen-bond donors (Lipinski definition) is 0. The van der Waals surface area contributed by atoms with Crippen molar-refractivity contribution >= 4 is 120 Å². The number of benzene rings is 7. The van der Waals surface area contributed by atoms with Crippen molar-refractivity contribution in [1.29, 1.82) is 0 Å². The van der Waals surface area contributed by atoms with Crippen LogP contribution in [0.15, 0.2) is 115 Å². The maximum atomic E-state index is 6.63. The van der Waals surface area contributed by atoms with Gasteiger partial charge in [-0.25, -0.2) is 0 Å². The first kappa shape index (κ1) is 27.2. The molecule has 0 amide bonds. The average molecular weight is 562 g/mol. The topological polar surface area (TPSA) is 0 Å². The smallest absolute Gasteiger partial charge is 0.113 e. The Bertz CT molecular complexity index is 2360. The largest absolute Gasteiger partial charge is 0.135 e. The van der Waals surface area contributed by atoms with Gasteiger partial charge in [-0.1, -0.05) is 102 Å². The summed E-state index contributed by atoms with van der Waals surface area (Å²) in [6.07, 6.45) is 0. The molecule has 1 heterocycles. The van der Waals surface area contributed by atoms with Crippen LogP contribution in [0.3, 0.4) is 0 Å². The molecule has 0 bridgehead atoms. The first-order chi connectivity index (χ1) is 21.4. The van der Waals surface area contributed by atoms with Crippen LogP contribution in [0.2, 0.25) is 0 Å². The minimum absolute atomic E-state index is 0.209. The van der Waals surface area contributed by atoms with Crippen LogP contribution >= 0.6 is 11.3 Å². The van der Waals surface area contributed by atoms with Gasteiger partial charge < -0.3 is 0 Å². The van der Waals surface area contributed by atoms with Crippen LogP contribution in [0.1, 0.15) is 0 Å². The third-order valence-corrected chi connectivity index (χ3v) is 9.90. The number of thiophene rings is 1. The molecule has 8 rings (SSSR count). The average Bonchev–Trinajstić information content (AvgIpc) is 3.44. The molecule has 0 aliphatic carbocycles. The first-order valence-corrected chi connectivity index (χ1v) is 15.2. The fourth-order valence-electron chi connectivity index (χ4n) is 6.57. The number of rotatable bonds is 3. The van der Waals surface area contributed by atoms with E-state index in [1.54, 1.807) is 0 Å². The van der Waals surface area contributed by atoms with Crippen LogP contribution in [0.4, 0.5) is 0 Å². The second kappa shape index (κ2) is 10.4. The Morgan fingerprint density at radius 3 is 1.30 bits per heavy atom. The van der Waals surface area contributed by atoms with Crippen molar-refractivity contribution in [3.63, 3.8) is 0 Å². The molecule has 0 saturated carbocycles. The molecule has 1 aromatic heterocycles. The molecule has 0 nitrogen and oxygen atoms in total. The zero-order valence-corrected chi connectivity index (χ0v) is 24.6. The molecule has 0 aliphatic heterocycles. The summed E-state index contributed by atoms with van der Waals surface area (Å²) >= 11 is 1.82. The molecule has 0 unspecified atom stereocenters. The van der Waals surface area contributed by atoms with Crippen LogP contribution in [-0.4, -0.2) is 39.2 Å². The Labute approximate surface area is 267 Å². The van der Waals surface area contributed by atoms with Gasteiger partial charge in [0.2, 0.25) is 0 Å². The van der Waals surface area contributed by atoms with E-state index in [-0.39, 0.29) is 16.4 Å². The fraction of sp³-hybridized carbons (Fsp3) is 0. The third-order valence-electron chi connectivity index (χ3n) is 8.75. The standard InChI is InChI=1S/C38H19B5S/c39-34-33(35(40)37(42)38(43)36(34)41)32-25-12-6-4-10-23(25)31(24-11-5-7-13-26(24)32)22-15-17-30-28(19-22)27-18-21(14-16-29(27)44-30)20-8-2-1-3-9-20/h1-19H. The summed E-state index contributed by atoms with van der Waals surface area (Å²) in [4.78, 5) is 0. The molecule has 0 fully saturated rings. The van der Waals surface area contributed by atoms with Crippen LogP contribution in [0, 0.1) is 0 Å². The Balaban J connectivity index is 1.45. The van der Waals surface area contributed by atoms with E-state index < -0.39 is 0 Å². The van der Waals surface area contributed by atoms with Crippen molar-refractivity contribution in [3.8, 4) is 33.4 Å². The minimum atomic E-state index is 0.209. The Morgan fingerprint density at radius 1 is 0.318 bits per heavy atom. The minimum Gasteiger partial charge on any atom is -0.135 e. The molecule has 0 aliphatic rings.